The van der Waals surface area contributed by atoms with Crippen molar-refractivity contribution in [2.24, 2.45) is 0 Å². The molecule has 2 N–H and O–H groups in total. The molecule has 1 aromatic rings. The molecule has 0 spiro atoms. The lowest BCUT2D eigenvalue weighted by Gasteiger charge is -2.29. The van der Waals surface area contributed by atoms with Crippen LogP contribution in [0.25, 0.3) is 0 Å². The summed E-state index contributed by atoms with van der Waals surface area (Å²) in [6, 6.07) is 0.487. The van der Waals surface area contributed by atoms with Crippen LogP contribution in [0.1, 0.15) is 19.5 Å². The number of hydrogen-bond donors (Lipinski definition) is 1. The number of likely N-dealkylation sites (N-methyl/N-ethyl adjacent to an activating group) is 2. The van der Waals surface area contributed by atoms with Gasteiger partial charge in [0.05, 0.1) is 0 Å². The second kappa shape index (κ2) is 6.12. The fourth-order valence-electron chi connectivity index (χ4n) is 1.74. The first-order valence-electron chi connectivity index (χ1n) is 5.50. The smallest absolute Gasteiger partial charge is 0.132 e. The summed E-state index contributed by atoms with van der Waals surface area (Å²) in [6.45, 7) is 7.19. The molecule has 0 aliphatic heterocycles. The standard InChI is InChI=1S/C10H21N5S/c1-5-15(8(2)6-14(3)4)7-9-10(11)16-13-12-9/h8H,5-7,11H2,1-4H3. The van der Waals surface area contributed by atoms with E-state index in [4.69, 9.17) is 5.73 Å². The SMILES string of the molecule is CCN(Cc1nnsc1N)C(C)CN(C)C. The molecule has 0 radical (unpaired) electrons. The summed E-state index contributed by atoms with van der Waals surface area (Å²) in [5, 5.41) is 4.79. The first-order chi connectivity index (χ1) is 7.54. The normalized spacial score (nSPS) is 13.6. The molecule has 0 aromatic carbocycles. The maximum absolute atomic E-state index is 5.80. The van der Waals surface area contributed by atoms with Gasteiger partial charge in [-0.1, -0.05) is 11.4 Å². The van der Waals surface area contributed by atoms with Gasteiger partial charge in [0.1, 0.15) is 10.7 Å². The average molecular weight is 243 g/mol. The van der Waals surface area contributed by atoms with Crippen LogP contribution in [0.5, 0.6) is 0 Å². The van der Waals surface area contributed by atoms with E-state index in [9.17, 15) is 0 Å². The van der Waals surface area contributed by atoms with Gasteiger partial charge >= 0.3 is 0 Å². The van der Waals surface area contributed by atoms with Crippen LogP contribution in [-0.4, -0.2) is 52.6 Å². The molecule has 0 aliphatic carbocycles. The molecule has 0 saturated heterocycles. The highest BCUT2D eigenvalue weighted by Gasteiger charge is 2.16. The Morgan fingerprint density at radius 2 is 2.12 bits per heavy atom. The van der Waals surface area contributed by atoms with Gasteiger partial charge in [-0.05, 0) is 27.6 Å². The Kier molecular flexibility index (Phi) is 5.11. The first-order valence-corrected chi connectivity index (χ1v) is 6.27. The molecule has 0 amide bonds. The third kappa shape index (κ3) is 3.70. The van der Waals surface area contributed by atoms with Crippen molar-refractivity contribution in [2.75, 3.05) is 32.9 Å². The van der Waals surface area contributed by atoms with E-state index < -0.39 is 0 Å². The van der Waals surface area contributed by atoms with Crippen molar-refractivity contribution in [3.63, 3.8) is 0 Å². The number of anilines is 1. The molecule has 92 valence electrons. The Morgan fingerprint density at radius 1 is 1.44 bits per heavy atom. The second-order valence-electron chi connectivity index (χ2n) is 4.26. The van der Waals surface area contributed by atoms with Crippen LogP contribution in [0.3, 0.4) is 0 Å². The zero-order valence-electron chi connectivity index (χ0n) is 10.5. The molecule has 0 fully saturated rings. The Bertz CT molecular complexity index is 312. The summed E-state index contributed by atoms with van der Waals surface area (Å²) >= 11 is 1.26. The molecule has 1 rings (SSSR count). The molecule has 1 aromatic heterocycles. The van der Waals surface area contributed by atoms with Crippen LogP contribution in [0.2, 0.25) is 0 Å². The van der Waals surface area contributed by atoms with Crippen molar-refractivity contribution < 1.29 is 0 Å². The number of hydrogen-bond acceptors (Lipinski definition) is 6. The maximum Gasteiger partial charge on any atom is 0.132 e. The van der Waals surface area contributed by atoms with Gasteiger partial charge < -0.3 is 10.6 Å². The fourth-order valence-corrected chi connectivity index (χ4v) is 2.18. The zero-order valence-corrected chi connectivity index (χ0v) is 11.3. The molecule has 1 unspecified atom stereocenters. The van der Waals surface area contributed by atoms with Gasteiger partial charge in [0.25, 0.3) is 0 Å². The summed E-state index contributed by atoms with van der Waals surface area (Å²) in [4.78, 5) is 4.54. The van der Waals surface area contributed by atoms with Crippen LogP contribution >= 0.6 is 11.5 Å². The fraction of sp³-hybridized carbons (Fsp3) is 0.800. The molecule has 0 bridgehead atoms. The van der Waals surface area contributed by atoms with E-state index in [1.165, 1.54) is 11.5 Å². The number of nitrogens with two attached hydrogens (primary N) is 1. The Balaban J connectivity index is 2.58. The van der Waals surface area contributed by atoms with Gasteiger partial charge in [-0.25, -0.2) is 0 Å². The molecule has 0 saturated carbocycles. The van der Waals surface area contributed by atoms with Crippen molar-refractivity contribution in [3.05, 3.63) is 5.69 Å². The summed E-state index contributed by atoms with van der Waals surface area (Å²) in [5.41, 5.74) is 6.70. The summed E-state index contributed by atoms with van der Waals surface area (Å²) in [5.74, 6) is 0. The van der Waals surface area contributed by atoms with Gasteiger partial charge in [-0.3, -0.25) is 4.90 Å². The zero-order chi connectivity index (χ0) is 12.1. The van der Waals surface area contributed by atoms with E-state index in [1.807, 2.05) is 0 Å². The number of aromatic nitrogens is 2. The van der Waals surface area contributed by atoms with Crippen LogP contribution in [0.15, 0.2) is 0 Å². The lowest BCUT2D eigenvalue weighted by molar-refractivity contribution is 0.173. The quantitative estimate of drug-likeness (QED) is 0.804. The van der Waals surface area contributed by atoms with E-state index in [-0.39, 0.29) is 0 Å². The van der Waals surface area contributed by atoms with Crippen LogP contribution < -0.4 is 5.73 Å². The number of nitrogen functional groups attached to an aromatic ring is 1. The van der Waals surface area contributed by atoms with E-state index in [2.05, 4.69) is 47.3 Å². The largest absolute Gasteiger partial charge is 0.388 e. The first kappa shape index (κ1) is 13.3. The third-order valence-corrected chi connectivity index (χ3v) is 3.19. The number of rotatable bonds is 6. The van der Waals surface area contributed by atoms with Crippen LogP contribution in [-0.2, 0) is 6.54 Å². The topological polar surface area (TPSA) is 58.3 Å². The van der Waals surface area contributed by atoms with Crippen molar-refractivity contribution in [3.8, 4) is 0 Å². The molecule has 1 atom stereocenters. The van der Waals surface area contributed by atoms with E-state index in [0.29, 0.717) is 6.04 Å². The number of nitrogens with zero attached hydrogens (tertiary/aromatic N) is 4. The molecular formula is C10H21N5S. The lowest BCUT2D eigenvalue weighted by atomic mass is 10.2. The minimum Gasteiger partial charge on any atom is -0.388 e. The molecule has 16 heavy (non-hydrogen) atoms. The van der Waals surface area contributed by atoms with Gasteiger partial charge in [0, 0.05) is 30.7 Å². The van der Waals surface area contributed by atoms with Crippen molar-refractivity contribution in [1.29, 1.82) is 0 Å². The van der Waals surface area contributed by atoms with Gasteiger partial charge in [0.2, 0.25) is 0 Å². The molecule has 6 heteroatoms. The third-order valence-electron chi connectivity index (χ3n) is 2.60. The second-order valence-corrected chi connectivity index (χ2v) is 5.04. The molecule has 0 aliphatic rings. The minimum atomic E-state index is 0.487. The van der Waals surface area contributed by atoms with Crippen molar-refractivity contribution >= 4 is 16.5 Å². The predicted molar refractivity (Wildman–Crippen MR) is 68.4 cm³/mol. The molecule has 1 heterocycles. The van der Waals surface area contributed by atoms with Crippen LogP contribution in [0, 0.1) is 0 Å². The highest BCUT2D eigenvalue weighted by Crippen LogP contribution is 2.16. The highest BCUT2D eigenvalue weighted by atomic mass is 32.1. The van der Waals surface area contributed by atoms with Crippen molar-refractivity contribution in [1.82, 2.24) is 19.4 Å². The Labute approximate surface area is 101 Å². The monoisotopic (exact) mass is 243 g/mol. The van der Waals surface area contributed by atoms with E-state index >= 15 is 0 Å². The lowest BCUT2D eigenvalue weighted by Crippen LogP contribution is -2.39. The predicted octanol–water partition coefficient (Wildman–Crippen LogP) is 0.892. The highest BCUT2D eigenvalue weighted by molar-refractivity contribution is 7.09. The minimum absolute atomic E-state index is 0.487. The maximum atomic E-state index is 5.80. The van der Waals surface area contributed by atoms with Crippen molar-refractivity contribution in [2.45, 2.75) is 26.4 Å². The van der Waals surface area contributed by atoms with Gasteiger partial charge in [-0.2, -0.15) is 0 Å². The van der Waals surface area contributed by atoms with Gasteiger partial charge in [-0.15, -0.1) is 5.10 Å². The molecule has 5 nitrogen and oxygen atoms in total. The summed E-state index contributed by atoms with van der Waals surface area (Å²) in [7, 11) is 4.17. The summed E-state index contributed by atoms with van der Waals surface area (Å²) < 4.78 is 3.86. The van der Waals surface area contributed by atoms with E-state index in [0.717, 1.165) is 30.3 Å². The average Bonchev–Trinajstić information content (AvgIpc) is 2.59. The Morgan fingerprint density at radius 3 is 2.56 bits per heavy atom. The summed E-state index contributed by atoms with van der Waals surface area (Å²) in [6.07, 6.45) is 0. The van der Waals surface area contributed by atoms with E-state index in [1.54, 1.807) is 0 Å². The van der Waals surface area contributed by atoms with Gasteiger partial charge in [0.15, 0.2) is 0 Å². The van der Waals surface area contributed by atoms with Crippen LogP contribution in [0.4, 0.5) is 5.00 Å². The molecular weight excluding hydrogens is 222 g/mol. The Hall–Kier alpha value is -0.720.